The Hall–Kier alpha value is -3.56. The van der Waals surface area contributed by atoms with Crippen LogP contribution in [0.5, 0.6) is 5.75 Å². The van der Waals surface area contributed by atoms with Crippen LogP contribution in [0.2, 0.25) is 5.02 Å². The van der Waals surface area contributed by atoms with E-state index >= 15 is 0 Å². The van der Waals surface area contributed by atoms with Gasteiger partial charge in [0.15, 0.2) is 23.2 Å². The molecule has 0 atom stereocenters. The van der Waals surface area contributed by atoms with Gasteiger partial charge in [0.25, 0.3) is 11.8 Å². The highest BCUT2D eigenvalue weighted by atomic mass is 35.5. The second kappa shape index (κ2) is 14.6. The van der Waals surface area contributed by atoms with Crippen molar-refractivity contribution in [2.24, 2.45) is 0 Å². The smallest absolute Gasteiger partial charge is 0.255 e. The van der Waals surface area contributed by atoms with Crippen molar-refractivity contribution < 1.29 is 27.5 Å². The van der Waals surface area contributed by atoms with Crippen molar-refractivity contribution in [2.75, 3.05) is 38.1 Å². The molecule has 4 rings (SSSR count). The van der Waals surface area contributed by atoms with E-state index in [9.17, 15) is 22.8 Å². The average molecular weight is 602 g/mol. The lowest BCUT2D eigenvalue weighted by Gasteiger charge is -2.33. The van der Waals surface area contributed by atoms with E-state index in [1.54, 1.807) is 55.5 Å². The molecule has 3 aromatic rings. The Kier molecular flexibility index (Phi) is 10.9. The van der Waals surface area contributed by atoms with Crippen LogP contribution in [0.15, 0.2) is 48.5 Å². The van der Waals surface area contributed by atoms with Crippen molar-refractivity contribution in [1.29, 1.82) is 0 Å². The second-order valence-electron chi connectivity index (χ2n) is 10.4. The molecule has 2 amide bonds. The molecule has 1 heterocycles. The monoisotopic (exact) mass is 601 g/mol. The minimum atomic E-state index is -1.15. The standard InChI is InChI=1S/C32H35ClF3N3O3/c1-3-42-30-26(29(36)27(34)20(2)28(30)35)21-14-18-39(19-15-21)17-5-4-16-37-31(40)22-8-12-25(13-9-22)38-32(41)23-6-10-24(33)11-7-23/h6-13,21H,3-5,14-19H2,1-2H3,(H,37,40)(H,38,41). The Morgan fingerprint density at radius 2 is 1.52 bits per heavy atom. The van der Waals surface area contributed by atoms with Crippen molar-refractivity contribution in [3.63, 3.8) is 0 Å². The maximum absolute atomic E-state index is 14.8. The SMILES string of the molecule is CCOc1c(F)c(C)c(F)c(F)c1C1CCN(CCCCNC(=O)c2ccc(NC(=O)c3ccc(Cl)cc3)cc2)CC1. The largest absolute Gasteiger partial charge is 0.490 e. The van der Waals surface area contributed by atoms with E-state index in [0.29, 0.717) is 54.3 Å². The number of ether oxygens (including phenoxy) is 1. The topological polar surface area (TPSA) is 70.7 Å². The van der Waals surface area contributed by atoms with E-state index in [1.807, 2.05) is 0 Å². The van der Waals surface area contributed by atoms with Crippen molar-refractivity contribution in [2.45, 2.75) is 45.4 Å². The van der Waals surface area contributed by atoms with Gasteiger partial charge in [-0.25, -0.2) is 13.2 Å². The number of hydrogen-bond donors (Lipinski definition) is 2. The summed E-state index contributed by atoms with van der Waals surface area (Å²) in [6.45, 7) is 5.75. The fourth-order valence-corrected chi connectivity index (χ4v) is 5.26. The zero-order valence-corrected chi connectivity index (χ0v) is 24.5. The number of nitrogens with one attached hydrogen (secondary N) is 2. The molecule has 1 aliphatic rings. The van der Waals surface area contributed by atoms with E-state index in [2.05, 4.69) is 15.5 Å². The molecule has 0 saturated carbocycles. The summed E-state index contributed by atoms with van der Waals surface area (Å²) >= 11 is 5.86. The van der Waals surface area contributed by atoms with Gasteiger partial charge >= 0.3 is 0 Å². The number of halogens is 4. The minimum Gasteiger partial charge on any atom is -0.490 e. The summed E-state index contributed by atoms with van der Waals surface area (Å²) in [5.41, 5.74) is 1.19. The molecule has 0 aromatic heterocycles. The first kappa shape index (κ1) is 31.4. The second-order valence-corrected chi connectivity index (χ2v) is 10.8. The van der Waals surface area contributed by atoms with Crippen molar-refractivity contribution in [1.82, 2.24) is 10.2 Å². The maximum Gasteiger partial charge on any atom is 0.255 e. The third-order valence-corrected chi connectivity index (χ3v) is 7.77. The van der Waals surface area contributed by atoms with Crippen LogP contribution in [0.4, 0.5) is 18.9 Å². The number of anilines is 1. The number of nitrogens with zero attached hydrogens (tertiary/aromatic N) is 1. The van der Waals surface area contributed by atoms with E-state index in [-0.39, 0.29) is 41.2 Å². The highest BCUT2D eigenvalue weighted by Crippen LogP contribution is 2.40. The summed E-state index contributed by atoms with van der Waals surface area (Å²) in [6.07, 6.45) is 2.78. The lowest BCUT2D eigenvalue weighted by atomic mass is 9.87. The summed E-state index contributed by atoms with van der Waals surface area (Å²) in [6, 6.07) is 13.2. The number of amides is 2. The summed E-state index contributed by atoms with van der Waals surface area (Å²) < 4.78 is 49.2. The molecule has 2 N–H and O–H groups in total. The summed E-state index contributed by atoms with van der Waals surface area (Å²) in [7, 11) is 0. The molecular weight excluding hydrogens is 567 g/mol. The van der Waals surface area contributed by atoms with Crippen LogP contribution < -0.4 is 15.4 Å². The fourth-order valence-electron chi connectivity index (χ4n) is 5.14. The highest BCUT2D eigenvalue weighted by Gasteiger charge is 2.31. The number of carbonyl (C=O) groups excluding carboxylic acids is 2. The van der Waals surface area contributed by atoms with Gasteiger partial charge < -0.3 is 20.3 Å². The van der Waals surface area contributed by atoms with Gasteiger partial charge in [-0.3, -0.25) is 9.59 Å². The molecule has 0 spiro atoms. The van der Waals surface area contributed by atoms with E-state index in [1.165, 1.54) is 6.92 Å². The van der Waals surface area contributed by atoms with Crippen LogP contribution in [-0.2, 0) is 0 Å². The first-order valence-electron chi connectivity index (χ1n) is 14.2. The molecule has 1 aliphatic heterocycles. The summed E-state index contributed by atoms with van der Waals surface area (Å²) in [4.78, 5) is 27.1. The zero-order valence-electron chi connectivity index (χ0n) is 23.7. The Morgan fingerprint density at radius 3 is 2.17 bits per heavy atom. The van der Waals surface area contributed by atoms with Crippen LogP contribution >= 0.6 is 11.6 Å². The summed E-state index contributed by atoms with van der Waals surface area (Å²) in [5, 5.41) is 6.25. The van der Waals surface area contributed by atoms with Crippen LogP contribution in [0, 0.1) is 24.4 Å². The fraction of sp³-hybridized carbons (Fsp3) is 0.375. The van der Waals surface area contributed by atoms with E-state index in [4.69, 9.17) is 16.3 Å². The molecule has 0 radical (unpaired) electrons. The molecule has 10 heteroatoms. The van der Waals surface area contributed by atoms with Crippen LogP contribution in [-0.4, -0.2) is 49.5 Å². The van der Waals surface area contributed by atoms with Crippen LogP contribution in [0.25, 0.3) is 0 Å². The van der Waals surface area contributed by atoms with Gasteiger partial charge in [0.1, 0.15) is 0 Å². The average Bonchev–Trinajstić information content (AvgIpc) is 3.00. The number of rotatable bonds is 11. The van der Waals surface area contributed by atoms with Crippen LogP contribution in [0.1, 0.15) is 70.4 Å². The molecule has 0 unspecified atom stereocenters. The van der Waals surface area contributed by atoms with E-state index < -0.39 is 17.5 Å². The molecule has 42 heavy (non-hydrogen) atoms. The van der Waals surface area contributed by atoms with Crippen molar-refractivity contribution >= 4 is 29.1 Å². The lowest BCUT2D eigenvalue weighted by Crippen LogP contribution is -2.34. The zero-order chi connectivity index (χ0) is 30.2. The quantitative estimate of drug-likeness (QED) is 0.182. The number of hydrogen-bond acceptors (Lipinski definition) is 4. The molecule has 224 valence electrons. The highest BCUT2D eigenvalue weighted by molar-refractivity contribution is 6.30. The van der Waals surface area contributed by atoms with Gasteiger partial charge in [-0.15, -0.1) is 0 Å². The third kappa shape index (κ3) is 7.63. The normalized spacial score (nSPS) is 14.0. The number of likely N-dealkylation sites (tertiary alicyclic amines) is 1. The van der Waals surface area contributed by atoms with Gasteiger partial charge in [-0.1, -0.05) is 11.6 Å². The minimum absolute atomic E-state index is 0.0109. The Morgan fingerprint density at radius 1 is 0.905 bits per heavy atom. The molecular formula is C32H35ClF3N3O3. The number of carbonyl (C=O) groups is 2. The molecule has 0 bridgehead atoms. The molecule has 6 nitrogen and oxygen atoms in total. The molecule has 0 aliphatic carbocycles. The van der Waals surface area contributed by atoms with E-state index in [0.717, 1.165) is 19.4 Å². The predicted molar refractivity (Wildman–Crippen MR) is 158 cm³/mol. The van der Waals surface area contributed by atoms with Gasteiger partial charge in [-0.05, 0) is 114 Å². The van der Waals surface area contributed by atoms with Crippen LogP contribution in [0.3, 0.4) is 0 Å². The van der Waals surface area contributed by atoms with Gasteiger partial charge in [-0.2, -0.15) is 0 Å². The third-order valence-electron chi connectivity index (χ3n) is 7.51. The Balaban J connectivity index is 1.18. The molecule has 1 fully saturated rings. The lowest BCUT2D eigenvalue weighted by molar-refractivity contribution is 0.0951. The number of unbranched alkanes of at least 4 members (excludes halogenated alkanes) is 1. The Labute approximate surface area is 249 Å². The predicted octanol–water partition coefficient (Wildman–Crippen LogP) is 7.11. The first-order chi connectivity index (χ1) is 20.2. The van der Waals surface area contributed by atoms with Gasteiger partial charge in [0, 0.05) is 39.5 Å². The Bertz CT molecular complexity index is 1390. The molecule has 3 aromatic carbocycles. The molecule has 1 saturated heterocycles. The van der Waals surface area contributed by atoms with Crippen molar-refractivity contribution in [3.8, 4) is 5.75 Å². The first-order valence-corrected chi connectivity index (χ1v) is 14.5. The summed E-state index contributed by atoms with van der Waals surface area (Å²) in [5.74, 6) is -3.93. The van der Waals surface area contributed by atoms with Gasteiger partial charge in [0.2, 0.25) is 0 Å². The number of benzene rings is 3. The number of piperidine rings is 1. The maximum atomic E-state index is 14.8. The van der Waals surface area contributed by atoms with Crippen molar-refractivity contribution in [3.05, 3.63) is 93.3 Å². The van der Waals surface area contributed by atoms with Gasteiger partial charge in [0.05, 0.1) is 6.61 Å².